The first-order valence-electron chi connectivity index (χ1n) is 11.2. The highest BCUT2D eigenvalue weighted by molar-refractivity contribution is 5.89. The van der Waals surface area contributed by atoms with Gasteiger partial charge in [-0.1, -0.05) is 0 Å². The van der Waals surface area contributed by atoms with E-state index in [1.54, 1.807) is 41.8 Å². The van der Waals surface area contributed by atoms with Crippen molar-refractivity contribution in [3.05, 3.63) is 56.9 Å². The van der Waals surface area contributed by atoms with Crippen LogP contribution in [0, 0.1) is 0 Å². The predicted octanol–water partition coefficient (Wildman–Crippen LogP) is 1.40. The van der Waals surface area contributed by atoms with E-state index in [0.29, 0.717) is 41.1 Å². The van der Waals surface area contributed by atoms with Gasteiger partial charge in [-0.3, -0.25) is 14.5 Å². The lowest BCUT2D eigenvalue weighted by Crippen LogP contribution is -2.35. The monoisotopic (exact) mass is 478 g/mol. The van der Waals surface area contributed by atoms with Crippen molar-refractivity contribution in [3.63, 3.8) is 0 Å². The number of esters is 2. The topological polar surface area (TPSA) is 114 Å². The Morgan fingerprint density at radius 3 is 2.69 bits per heavy atom. The molecule has 10 heteroatoms. The van der Waals surface area contributed by atoms with Crippen molar-refractivity contribution in [2.45, 2.75) is 25.8 Å². The van der Waals surface area contributed by atoms with Gasteiger partial charge >= 0.3 is 11.9 Å². The van der Waals surface area contributed by atoms with Gasteiger partial charge in [0.05, 0.1) is 35.6 Å². The van der Waals surface area contributed by atoms with Gasteiger partial charge < -0.3 is 24.0 Å². The van der Waals surface area contributed by atoms with Gasteiger partial charge in [0.25, 0.3) is 5.56 Å². The number of nitrogens with zero attached hydrogens (tertiary/aromatic N) is 4. The van der Waals surface area contributed by atoms with Gasteiger partial charge in [0, 0.05) is 28.6 Å². The summed E-state index contributed by atoms with van der Waals surface area (Å²) < 4.78 is 12.2. The molecule has 0 bridgehead atoms. The van der Waals surface area contributed by atoms with Crippen molar-refractivity contribution < 1.29 is 24.2 Å². The van der Waals surface area contributed by atoms with Crippen LogP contribution < -0.4 is 5.56 Å². The van der Waals surface area contributed by atoms with E-state index in [9.17, 15) is 19.5 Å². The van der Waals surface area contributed by atoms with Gasteiger partial charge in [0.2, 0.25) is 6.10 Å². The average Bonchev–Trinajstić information content (AvgIpc) is 3.14. The van der Waals surface area contributed by atoms with E-state index in [4.69, 9.17) is 14.5 Å². The smallest absolute Gasteiger partial charge is 0.352 e. The Labute approximate surface area is 201 Å². The highest BCUT2D eigenvalue weighted by Gasteiger charge is 2.37. The van der Waals surface area contributed by atoms with Crippen LogP contribution in [0.15, 0.2) is 29.1 Å². The molecular formula is C25H26N4O6. The third-order valence-corrected chi connectivity index (χ3v) is 6.19. The molecule has 0 fully saturated rings. The molecule has 182 valence electrons. The summed E-state index contributed by atoms with van der Waals surface area (Å²) in [5.41, 5.74) is 3.76. The van der Waals surface area contributed by atoms with E-state index in [-0.39, 0.29) is 24.5 Å². The molecule has 2 aliphatic rings. The van der Waals surface area contributed by atoms with Crippen LogP contribution in [-0.4, -0.2) is 71.1 Å². The number of ether oxygens (including phenoxy) is 2. The Balaban J connectivity index is 1.63. The van der Waals surface area contributed by atoms with E-state index in [0.717, 1.165) is 16.5 Å². The first-order valence-corrected chi connectivity index (χ1v) is 11.2. The molecule has 1 aromatic carbocycles. The number of phenolic OH excluding ortho intramolecular Hbond substituents is 1. The average molecular weight is 479 g/mol. The highest BCUT2D eigenvalue weighted by Crippen LogP contribution is 2.38. The SMILES string of the molecule is CN(C)CC(=O)OC1C(=O)OCc2c1cc1n(c2=O)Cc2cc3c(CN(C)C)c(O)ccc3nc2-1. The fourth-order valence-electron chi connectivity index (χ4n) is 4.65. The Morgan fingerprint density at radius 2 is 1.97 bits per heavy atom. The van der Waals surface area contributed by atoms with E-state index in [1.807, 2.05) is 25.1 Å². The summed E-state index contributed by atoms with van der Waals surface area (Å²) >= 11 is 0. The quantitative estimate of drug-likeness (QED) is 0.425. The van der Waals surface area contributed by atoms with Crippen molar-refractivity contribution in [1.29, 1.82) is 0 Å². The summed E-state index contributed by atoms with van der Waals surface area (Å²) in [7, 11) is 7.27. The lowest BCUT2D eigenvalue weighted by Gasteiger charge is -2.25. The Bertz CT molecular complexity index is 1440. The number of pyridine rings is 2. The van der Waals surface area contributed by atoms with Gasteiger partial charge in [-0.25, -0.2) is 9.78 Å². The summed E-state index contributed by atoms with van der Waals surface area (Å²) in [6, 6.07) is 7.02. The van der Waals surface area contributed by atoms with Crippen LogP contribution in [0.3, 0.4) is 0 Å². The second-order valence-electron chi connectivity index (χ2n) is 9.43. The molecule has 4 heterocycles. The molecular weight excluding hydrogens is 452 g/mol. The Hall–Kier alpha value is -3.76. The molecule has 0 saturated heterocycles. The van der Waals surface area contributed by atoms with Crippen LogP contribution in [0.4, 0.5) is 0 Å². The molecule has 10 nitrogen and oxygen atoms in total. The van der Waals surface area contributed by atoms with Crippen LogP contribution >= 0.6 is 0 Å². The van der Waals surface area contributed by atoms with Gasteiger partial charge in [-0.15, -0.1) is 0 Å². The van der Waals surface area contributed by atoms with Crippen molar-refractivity contribution >= 4 is 22.8 Å². The van der Waals surface area contributed by atoms with Crippen LogP contribution in [-0.2, 0) is 38.8 Å². The number of cyclic esters (lactones) is 1. The lowest BCUT2D eigenvalue weighted by atomic mass is 9.99. The fourth-order valence-corrected chi connectivity index (χ4v) is 4.65. The third-order valence-electron chi connectivity index (χ3n) is 6.19. The van der Waals surface area contributed by atoms with E-state index in [2.05, 4.69) is 0 Å². The zero-order valence-corrected chi connectivity index (χ0v) is 20.0. The first kappa shape index (κ1) is 23.0. The molecule has 1 unspecified atom stereocenters. The van der Waals surface area contributed by atoms with Crippen molar-refractivity contribution in [3.8, 4) is 17.1 Å². The number of hydrogen-bond acceptors (Lipinski definition) is 9. The molecule has 1 atom stereocenters. The molecule has 2 aliphatic heterocycles. The normalized spacial score (nSPS) is 16.3. The second kappa shape index (κ2) is 8.47. The minimum absolute atomic E-state index is 0.0124. The van der Waals surface area contributed by atoms with Gasteiger partial charge in [0.15, 0.2) is 0 Å². The van der Waals surface area contributed by atoms with Crippen LogP contribution in [0.25, 0.3) is 22.3 Å². The summed E-state index contributed by atoms with van der Waals surface area (Å²) in [4.78, 5) is 46.6. The molecule has 0 saturated carbocycles. The van der Waals surface area contributed by atoms with Gasteiger partial charge in [0.1, 0.15) is 12.4 Å². The Kier molecular flexibility index (Phi) is 5.57. The fraction of sp³-hybridized carbons (Fsp3) is 0.360. The summed E-state index contributed by atoms with van der Waals surface area (Å²) in [5, 5.41) is 11.3. The standard InChI is InChI=1S/C25H26N4O6/c1-27(2)10-16-14-7-13-9-29-19(22(13)26-18(14)5-6-20(16)30)8-15-17(24(29)32)12-34-25(33)23(15)35-21(31)11-28(3)4/h5-8,23,30H,9-12H2,1-4H3. The molecule has 2 aromatic heterocycles. The number of hydrogen-bond donors (Lipinski definition) is 1. The summed E-state index contributed by atoms with van der Waals surface area (Å²) in [6.45, 7) is 0.642. The minimum Gasteiger partial charge on any atom is -0.508 e. The second-order valence-corrected chi connectivity index (χ2v) is 9.43. The summed E-state index contributed by atoms with van der Waals surface area (Å²) in [6.07, 6.45) is -1.31. The van der Waals surface area contributed by atoms with Crippen molar-refractivity contribution in [2.24, 2.45) is 0 Å². The van der Waals surface area contributed by atoms with Crippen LogP contribution in [0.5, 0.6) is 5.75 Å². The number of rotatable bonds is 5. The predicted molar refractivity (Wildman–Crippen MR) is 127 cm³/mol. The van der Waals surface area contributed by atoms with Crippen LogP contribution in [0.1, 0.15) is 28.4 Å². The largest absolute Gasteiger partial charge is 0.508 e. The molecule has 1 N–H and O–H groups in total. The van der Waals surface area contributed by atoms with Gasteiger partial charge in [-0.2, -0.15) is 0 Å². The molecule has 5 rings (SSSR count). The van der Waals surface area contributed by atoms with E-state index < -0.39 is 18.0 Å². The Morgan fingerprint density at radius 1 is 1.20 bits per heavy atom. The first-order chi connectivity index (χ1) is 16.6. The molecule has 0 radical (unpaired) electrons. The molecule has 0 aliphatic carbocycles. The zero-order chi connectivity index (χ0) is 25.0. The third kappa shape index (κ3) is 3.94. The van der Waals surface area contributed by atoms with E-state index >= 15 is 0 Å². The number of carbonyl (C=O) groups is 2. The number of aromatic hydroxyl groups is 1. The lowest BCUT2D eigenvalue weighted by molar-refractivity contribution is -0.172. The number of likely N-dealkylation sites (N-methyl/N-ethyl adjacent to an activating group) is 1. The maximum absolute atomic E-state index is 13.4. The maximum Gasteiger partial charge on any atom is 0.352 e. The minimum atomic E-state index is -1.31. The van der Waals surface area contributed by atoms with Gasteiger partial charge in [-0.05, 0) is 52.5 Å². The molecule has 35 heavy (non-hydrogen) atoms. The van der Waals surface area contributed by atoms with E-state index in [1.165, 1.54) is 0 Å². The summed E-state index contributed by atoms with van der Waals surface area (Å²) in [5.74, 6) is -1.11. The van der Waals surface area contributed by atoms with Crippen LogP contribution in [0.2, 0.25) is 0 Å². The maximum atomic E-state index is 13.4. The molecule has 3 aromatic rings. The number of carbonyl (C=O) groups excluding carboxylic acids is 2. The number of fused-ring (bicyclic) bond motifs is 5. The number of benzene rings is 1. The number of phenols is 1. The van der Waals surface area contributed by atoms with Crippen molar-refractivity contribution in [2.75, 3.05) is 34.7 Å². The highest BCUT2D eigenvalue weighted by atomic mass is 16.6. The molecule has 0 amide bonds. The number of aromatic nitrogens is 2. The molecule has 0 spiro atoms. The zero-order valence-electron chi connectivity index (χ0n) is 20.0. The van der Waals surface area contributed by atoms with Crippen molar-refractivity contribution in [1.82, 2.24) is 19.4 Å².